The highest BCUT2D eigenvalue weighted by Gasteiger charge is 2.65. The van der Waals surface area contributed by atoms with Gasteiger partial charge in [-0.25, -0.2) is 0 Å². The zero-order valence-electron chi connectivity index (χ0n) is 14.3. The van der Waals surface area contributed by atoms with Crippen molar-refractivity contribution in [3.05, 3.63) is 35.5 Å². The molecule has 2 nitrogen and oxygen atoms in total. The van der Waals surface area contributed by atoms with Gasteiger partial charge in [0.1, 0.15) is 0 Å². The Labute approximate surface area is 139 Å². The Bertz CT molecular complexity index is 644. The summed E-state index contributed by atoms with van der Waals surface area (Å²) in [6, 6.07) is 0. The van der Waals surface area contributed by atoms with Crippen molar-refractivity contribution in [3.63, 3.8) is 0 Å². The maximum Gasteiger partial charge on any atom is 0.0976 e. The van der Waals surface area contributed by atoms with Crippen LogP contribution in [0.4, 0.5) is 0 Å². The molecular weight excluding hydrogens is 284 g/mol. The molecule has 23 heavy (non-hydrogen) atoms. The molecule has 5 aliphatic rings. The first kappa shape index (κ1) is 14.5. The van der Waals surface area contributed by atoms with E-state index < -0.39 is 0 Å². The quantitative estimate of drug-likeness (QED) is 0.782. The second kappa shape index (κ2) is 4.40. The Morgan fingerprint density at radius 2 is 2.13 bits per heavy atom. The van der Waals surface area contributed by atoms with Crippen molar-refractivity contribution in [2.75, 3.05) is 0 Å². The molecule has 6 atom stereocenters. The van der Waals surface area contributed by atoms with Gasteiger partial charge in [-0.15, -0.1) is 0 Å². The zero-order chi connectivity index (χ0) is 15.9. The van der Waals surface area contributed by atoms with Gasteiger partial charge < -0.3 is 9.84 Å². The van der Waals surface area contributed by atoms with Crippen molar-refractivity contribution < 1.29 is 9.84 Å². The van der Waals surface area contributed by atoms with Gasteiger partial charge in [0, 0.05) is 11.3 Å². The molecule has 0 aromatic heterocycles. The Balaban J connectivity index is 1.64. The zero-order valence-corrected chi connectivity index (χ0v) is 14.3. The van der Waals surface area contributed by atoms with E-state index in [1.54, 1.807) is 0 Å². The van der Waals surface area contributed by atoms with Gasteiger partial charge in [-0.05, 0) is 62.0 Å². The number of hydrogen-bond donors (Lipinski definition) is 1. The second-order valence-corrected chi connectivity index (χ2v) is 8.83. The van der Waals surface area contributed by atoms with E-state index in [1.165, 1.54) is 17.6 Å². The highest BCUT2D eigenvalue weighted by atomic mass is 16.5. The molecule has 2 spiro atoms. The molecule has 1 N–H and O–H groups in total. The van der Waals surface area contributed by atoms with Gasteiger partial charge in [0.15, 0.2) is 0 Å². The molecular formula is C21H28O2. The first-order valence-electron chi connectivity index (χ1n) is 9.52. The second-order valence-electron chi connectivity index (χ2n) is 8.83. The lowest BCUT2D eigenvalue weighted by molar-refractivity contribution is -0.139. The highest BCUT2D eigenvalue weighted by molar-refractivity contribution is 5.51. The molecule has 0 amide bonds. The molecule has 0 aromatic rings. The van der Waals surface area contributed by atoms with Gasteiger partial charge in [0.2, 0.25) is 0 Å². The summed E-state index contributed by atoms with van der Waals surface area (Å²) >= 11 is 0. The van der Waals surface area contributed by atoms with Crippen molar-refractivity contribution >= 4 is 0 Å². The molecule has 0 aromatic carbocycles. The predicted octanol–water partition coefficient (Wildman–Crippen LogP) is 4.31. The molecule has 5 rings (SSSR count). The lowest BCUT2D eigenvalue weighted by atomic mass is 9.60. The normalized spacial score (nSPS) is 53.3. The van der Waals surface area contributed by atoms with Crippen LogP contribution in [0.1, 0.15) is 58.8 Å². The fourth-order valence-corrected chi connectivity index (χ4v) is 6.41. The minimum absolute atomic E-state index is 0.00897. The lowest BCUT2D eigenvalue weighted by Crippen LogP contribution is -2.54. The maximum absolute atomic E-state index is 10.6. The number of hydrogen-bond acceptors (Lipinski definition) is 2. The van der Waals surface area contributed by atoms with Crippen LogP contribution >= 0.6 is 0 Å². The summed E-state index contributed by atoms with van der Waals surface area (Å²) in [5.41, 5.74) is 2.67. The molecule has 1 saturated carbocycles. The average Bonchev–Trinajstić information content (AvgIpc) is 3.02. The van der Waals surface area contributed by atoms with Crippen LogP contribution in [0, 0.1) is 17.3 Å². The van der Waals surface area contributed by atoms with Crippen LogP contribution in [0.2, 0.25) is 0 Å². The van der Waals surface area contributed by atoms with Crippen LogP contribution in [0.3, 0.4) is 0 Å². The Hall–Kier alpha value is -0.860. The summed E-state index contributed by atoms with van der Waals surface area (Å²) in [4.78, 5) is 0. The molecule has 2 heteroatoms. The monoisotopic (exact) mass is 312 g/mol. The van der Waals surface area contributed by atoms with Crippen molar-refractivity contribution in [3.8, 4) is 0 Å². The van der Waals surface area contributed by atoms with Gasteiger partial charge >= 0.3 is 0 Å². The molecule has 6 unspecified atom stereocenters. The third-order valence-corrected chi connectivity index (χ3v) is 7.88. The van der Waals surface area contributed by atoms with Crippen LogP contribution in [0.25, 0.3) is 0 Å². The summed E-state index contributed by atoms with van der Waals surface area (Å²) in [6.07, 6.45) is 17.1. The predicted molar refractivity (Wildman–Crippen MR) is 90.9 cm³/mol. The topological polar surface area (TPSA) is 29.5 Å². The fourth-order valence-electron chi connectivity index (χ4n) is 6.41. The fraction of sp³-hybridized carbons (Fsp3) is 0.714. The van der Waals surface area contributed by atoms with E-state index >= 15 is 0 Å². The maximum atomic E-state index is 10.6. The summed E-state index contributed by atoms with van der Waals surface area (Å²) < 4.78 is 7.04. The molecule has 0 radical (unpaired) electrons. The summed E-state index contributed by atoms with van der Waals surface area (Å²) in [7, 11) is 0. The largest absolute Gasteiger partial charge is 0.393 e. The Morgan fingerprint density at radius 1 is 1.26 bits per heavy atom. The van der Waals surface area contributed by atoms with Crippen LogP contribution in [-0.2, 0) is 4.74 Å². The van der Waals surface area contributed by atoms with Gasteiger partial charge in [-0.3, -0.25) is 0 Å². The van der Waals surface area contributed by atoms with Crippen molar-refractivity contribution in [1.82, 2.24) is 0 Å². The average molecular weight is 312 g/mol. The first-order valence-corrected chi connectivity index (χ1v) is 9.52. The molecule has 2 aliphatic heterocycles. The molecule has 2 bridgehead atoms. The Kier molecular flexibility index (Phi) is 2.77. The van der Waals surface area contributed by atoms with E-state index in [9.17, 15) is 5.11 Å². The number of ether oxygens (including phenoxy) is 1. The molecule has 1 saturated heterocycles. The lowest BCUT2D eigenvalue weighted by Gasteiger charge is -2.53. The number of rotatable bonds is 1. The van der Waals surface area contributed by atoms with Gasteiger partial charge in [0.05, 0.1) is 17.3 Å². The van der Waals surface area contributed by atoms with E-state index in [0.29, 0.717) is 11.8 Å². The standard InChI is InChI=1S/C21H28O2/c1-3-14-4-5-15-12-16-8-9-19(2)17(6-7-18(19)22)21(16)11-10-20(15,13-14)23-21/h4-5,8,12,14,17-18,22H,3,6-7,9-11,13H2,1-2H3. The van der Waals surface area contributed by atoms with Gasteiger partial charge in [-0.2, -0.15) is 0 Å². The van der Waals surface area contributed by atoms with Crippen LogP contribution in [0.15, 0.2) is 35.5 Å². The Morgan fingerprint density at radius 3 is 2.96 bits per heavy atom. The van der Waals surface area contributed by atoms with Crippen LogP contribution in [0.5, 0.6) is 0 Å². The molecule has 2 heterocycles. The van der Waals surface area contributed by atoms with Gasteiger partial charge in [0.25, 0.3) is 0 Å². The highest BCUT2D eigenvalue weighted by Crippen LogP contribution is 2.66. The minimum atomic E-state index is -0.167. The minimum Gasteiger partial charge on any atom is -0.393 e. The number of aliphatic hydroxyl groups excluding tert-OH is 1. The van der Waals surface area contributed by atoms with E-state index in [4.69, 9.17) is 4.74 Å². The van der Waals surface area contributed by atoms with E-state index in [-0.39, 0.29) is 22.7 Å². The number of aliphatic hydroxyl groups is 1. The first-order chi connectivity index (χ1) is 11.0. The number of allylic oxidation sites excluding steroid dienone is 2. The molecule has 3 aliphatic carbocycles. The third-order valence-electron chi connectivity index (χ3n) is 7.88. The van der Waals surface area contributed by atoms with E-state index in [1.807, 2.05) is 0 Å². The van der Waals surface area contributed by atoms with E-state index in [2.05, 4.69) is 38.2 Å². The van der Waals surface area contributed by atoms with Crippen molar-refractivity contribution in [2.45, 2.75) is 76.1 Å². The summed E-state index contributed by atoms with van der Waals surface area (Å²) in [5, 5.41) is 10.6. The van der Waals surface area contributed by atoms with Crippen LogP contribution in [-0.4, -0.2) is 22.4 Å². The summed E-state index contributed by atoms with van der Waals surface area (Å²) in [6.45, 7) is 4.57. The smallest absolute Gasteiger partial charge is 0.0976 e. The van der Waals surface area contributed by atoms with Crippen molar-refractivity contribution in [1.29, 1.82) is 0 Å². The third kappa shape index (κ3) is 1.62. The SMILES string of the molecule is CCC1C=CC2=CC3=CCC4(C)C(O)CCC4C34CCC2(C1)O4. The van der Waals surface area contributed by atoms with E-state index in [0.717, 1.165) is 38.5 Å². The summed E-state index contributed by atoms with van der Waals surface area (Å²) in [5.74, 6) is 1.13. The van der Waals surface area contributed by atoms with Gasteiger partial charge in [-0.1, -0.05) is 38.2 Å². The van der Waals surface area contributed by atoms with Crippen LogP contribution < -0.4 is 0 Å². The number of fused-ring (bicyclic) bond motifs is 1. The molecule has 124 valence electrons. The molecule has 2 fully saturated rings. The van der Waals surface area contributed by atoms with Crippen molar-refractivity contribution in [2.24, 2.45) is 17.3 Å².